The monoisotopic (exact) mass is 261 g/mol. The van der Waals surface area contributed by atoms with E-state index in [9.17, 15) is 9.90 Å². The summed E-state index contributed by atoms with van der Waals surface area (Å²) in [6.07, 6.45) is 1.37. The van der Waals surface area contributed by atoms with E-state index < -0.39 is 5.97 Å². The average Bonchev–Trinajstić information content (AvgIpc) is 2.84. The first-order valence-electron chi connectivity index (χ1n) is 5.95. The number of furan rings is 1. The van der Waals surface area contributed by atoms with Crippen LogP contribution in [0.4, 0.5) is 5.69 Å². The highest BCUT2D eigenvalue weighted by atomic mass is 16.4. The van der Waals surface area contributed by atoms with Gasteiger partial charge in [-0.3, -0.25) is 0 Å². The molecule has 5 nitrogen and oxygen atoms in total. The van der Waals surface area contributed by atoms with Gasteiger partial charge >= 0.3 is 5.97 Å². The van der Waals surface area contributed by atoms with Gasteiger partial charge in [-0.05, 0) is 25.1 Å². The molecule has 2 N–H and O–H groups in total. The predicted octanol–water partition coefficient (Wildman–Crippen LogP) is 2.71. The second-order valence-electron chi connectivity index (χ2n) is 4.10. The lowest BCUT2D eigenvalue weighted by Crippen LogP contribution is -2.22. The molecule has 1 aromatic heterocycles. The lowest BCUT2D eigenvalue weighted by Gasteiger charge is -2.22. The largest absolute Gasteiger partial charge is 0.508 e. The van der Waals surface area contributed by atoms with E-state index in [2.05, 4.69) is 0 Å². The fourth-order valence-corrected chi connectivity index (χ4v) is 1.90. The highest BCUT2D eigenvalue weighted by Gasteiger charge is 2.16. The molecule has 19 heavy (non-hydrogen) atoms. The summed E-state index contributed by atoms with van der Waals surface area (Å²) in [4.78, 5) is 12.9. The summed E-state index contributed by atoms with van der Waals surface area (Å²) >= 11 is 0. The average molecular weight is 261 g/mol. The number of carbonyl (C=O) groups is 1. The predicted molar refractivity (Wildman–Crippen MR) is 70.5 cm³/mol. The van der Waals surface area contributed by atoms with Gasteiger partial charge in [0.25, 0.3) is 0 Å². The maximum Gasteiger partial charge on any atom is 0.339 e. The van der Waals surface area contributed by atoms with Crippen LogP contribution in [-0.2, 0) is 6.54 Å². The maximum atomic E-state index is 11.0. The smallest absolute Gasteiger partial charge is 0.339 e. The van der Waals surface area contributed by atoms with E-state index in [1.165, 1.54) is 12.3 Å². The summed E-state index contributed by atoms with van der Waals surface area (Å²) in [7, 11) is 0. The Balaban J connectivity index is 2.24. The molecule has 0 radical (unpaired) electrons. The second-order valence-corrected chi connectivity index (χ2v) is 4.10. The Morgan fingerprint density at radius 1 is 1.37 bits per heavy atom. The van der Waals surface area contributed by atoms with Crippen molar-refractivity contribution in [3.63, 3.8) is 0 Å². The molecule has 0 saturated heterocycles. The molecule has 0 spiro atoms. The molecular weight excluding hydrogens is 246 g/mol. The first kappa shape index (κ1) is 13.0. The molecule has 0 aliphatic rings. The van der Waals surface area contributed by atoms with Gasteiger partial charge in [-0.1, -0.05) is 6.07 Å². The number of aromatic hydroxyl groups is 1. The van der Waals surface area contributed by atoms with Crippen molar-refractivity contribution in [1.82, 2.24) is 0 Å². The molecule has 1 heterocycles. The van der Waals surface area contributed by atoms with Crippen LogP contribution in [-0.4, -0.2) is 22.7 Å². The number of phenols is 1. The summed E-state index contributed by atoms with van der Waals surface area (Å²) in [5.74, 6) is -0.428. The van der Waals surface area contributed by atoms with Crippen LogP contribution in [0.25, 0.3) is 0 Å². The number of anilines is 1. The fraction of sp³-hybridized carbons (Fsp3) is 0.214. The van der Waals surface area contributed by atoms with Gasteiger partial charge in [0.2, 0.25) is 0 Å². The Labute approximate surface area is 110 Å². The summed E-state index contributed by atoms with van der Waals surface area (Å²) in [5, 5.41) is 18.5. The third-order valence-electron chi connectivity index (χ3n) is 2.89. The summed E-state index contributed by atoms with van der Waals surface area (Å²) in [6, 6.07) is 8.26. The van der Waals surface area contributed by atoms with Crippen molar-refractivity contribution in [2.24, 2.45) is 0 Å². The molecule has 100 valence electrons. The summed E-state index contributed by atoms with van der Waals surface area (Å²) < 4.78 is 5.22. The zero-order valence-corrected chi connectivity index (χ0v) is 10.5. The molecule has 2 aromatic rings. The molecular formula is C14H15NO4. The number of nitrogens with zero attached hydrogens (tertiary/aromatic N) is 1. The number of phenolic OH excluding ortho intramolecular Hbond substituents is 1. The normalized spacial score (nSPS) is 10.4. The number of carboxylic acid groups (broad SMARTS) is 1. The molecule has 2 rings (SSSR count). The van der Waals surface area contributed by atoms with Crippen LogP contribution in [0.5, 0.6) is 5.75 Å². The number of benzene rings is 1. The third-order valence-corrected chi connectivity index (χ3v) is 2.89. The van der Waals surface area contributed by atoms with Crippen molar-refractivity contribution >= 4 is 11.7 Å². The number of hydrogen-bond donors (Lipinski definition) is 2. The van der Waals surface area contributed by atoms with Gasteiger partial charge in [0.15, 0.2) is 0 Å². The SMILES string of the molecule is CCN(Cc1occc1C(=O)O)c1cccc(O)c1. The minimum Gasteiger partial charge on any atom is -0.508 e. The van der Waals surface area contributed by atoms with Crippen molar-refractivity contribution in [1.29, 1.82) is 0 Å². The van der Waals surface area contributed by atoms with Crippen molar-refractivity contribution in [2.45, 2.75) is 13.5 Å². The van der Waals surface area contributed by atoms with Gasteiger partial charge in [0.05, 0.1) is 12.8 Å². The first-order chi connectivity index (χ1) is 9.11. The van der Waals surface area contributed by atoms with E-state index in [0.717, 1.165) is 5.69 Å². The highest BCUT2D eigenvalue weighted by Crippen LogP contribution is 2.23. The Morgan fingerprint density at radius 3 is 2.79 bits per heavy atom. The minimum absolute atomic E-state index is 0.165. The van der Waals surface area contributed by atoms with Crippen LogP contribution in [0.2, 0.25) is 0 Å². The molecule has 0 unspecified atom stereocenters. The summed E-state index contributed by atoms with van der Waals surface area (Å²) in [6.45, 7) is 2.96. The number of hydrogen-bond acceptors (Lipinski definition) is 4. The fourth-order valence-electron chi connectivity index (χ4n) is 1.90. The summed E-state index contributed by atoms with van der Waals surface area (Å²) in [5.41, 5.74) is 0.980. The van der Waals surface area contributed by atoms with E-state index in [1.807, 2.05) is 17.9 Å². The van der Waals surface area contributed by atoms with E-state index in [0.29, 0.717) is 18.8 Å². The van der Waals surface area contributed by atoms with Gasteiger partial charge in [0.1, 0.15) is 17.1 Å². The van der Waals surface area contributed by atoms with Crippen molar-refractivity contribution < 1.29 is 19.4 Å². The van der Waals surface area contributed by atoms with E-state index in [-0.39, 0.29) is 11.3 Å². The van der Waals surface area contributed by atoms with E-state index in [4.69, 9.17) is 9.52 Å². The molecule has 5 heteroatoms. The van der Waals surface area contributed by atoms with Crippen LogP contribution in [0.15, 0.2) is 41.0 Å². The van der Waals surface area contributed by atoms with Crippen LogP contribution in [0.3, 0.4) is 0 Å². The standard InChI is InChI=1S/C14H15NO4/c1-2-15(10-4-3-5-11(16)8-10)9-13-12(14(17)18)6-7-19-13/h3-8,16H,2,9H2,1H3,(H,17,18). The minimum atomic E-state index is -1.00. The van der Waals surface area contributed by atoms with Crippen LogP contribution < -0.4 is 4.90 Å². The van der Waals surface area contributed by atoms with Gasteiger partial charge in [-0.2, -0.15) is 0 Å². The number of aromatic carboxylic acids is 1. The molecule has 0 atom stereocenters. The Morgan fingerprint density at radius 2 is 2.16 bits per heavy atom. The van der Waals surface area contributed by atoms with E-state index in [1.54, 1.807) is 18.2 Å². The zero-order valence-electron chi connectivity index (χ0n) is 10.5. The molecule has 0 fully saturated rings. The third kappa shape index (κ3) is 2.88. The topological polar surface area (TPSA) is 73.9 Å². The van der Waals surface area contributed by atoms with Crippen LogP contribution in [0.1, 0.15) is 23.0 Å². The van der Waals surface area contributed by atoms with Crippen molar-refractivity contribution in [3.8, 4) is 5.75 Å². The molecule has 0 amide bonds. The number of carboxylic acids is 1. The van der Waals surface area contributed by atoms with Crippen molar-refractivity contribution in [3.05, 3.63) is 47.9 Å². The Hall–Kier alpha value is -2.43. The first-order valence-corrected chi connectivity index (χ1v) is 5.95. The lowest BCUT2D eigenvalue weighted by atomic mass is 10.2. The second kappa shape index (κ2) is 5.48. The quantitative estimate of drug-likeness (QED) is 0.865. The van der Waals surface area contributed by atoms with Gasteiger partial charge in [0, 0.05) is 18.3 Å². The van der Waals surface area contributed by atoms with Gasteiger partial charge in [-0.25, -0.2) is 4.79 Å². The van der Waals surface area contributed by atoms with Gasteiger partial charge < -0.3 is 19.5 Å². The molecule has 0 bridgehead atoms. The van der Waals surface area contributed by atoms with Crippen LogP contribution in [0, 0.1) is 0 Å². The number of rotatable bonds is 5. The van der Waals surface area contributed by atoms with E-state index >= 15 is 0 Å². The molecule has 1 aromatic carbocycles. The highest BCUT2D eigenvalue weighted by molar-refractivity contribution is 5.88. The maximum absolute atomic E-state index is 11.0. The Kier molecular flexibility index (Phi) is 3.75. The molecule has 0 saturated carbocycles. The van der Waals surface area contributed by atoms with Gasteiger partial charge in [-0.15, -0.1) is 0 Å². The lowest BCUT2D eigenvalue weighted by molar-refractivity contribution is 0.0694. The van der Waals surface area contributed by atoms with Crippen molar-refractivity contribution in [2.75, 3.05) is 11.4 Å². The molecule has 0 aliphatic heterocycles. The Bertz CT molecular complexity index is 576. The molecule has 0 aliphatic carbocycles. The van der Waals surface area contributed by atoms with Crippen LogP contribution >= 0.6 is 0 Å². The zero-order chi connectivity index (χ0) is 13.8.